The summed E-state index contributed by atoms with van der Waals surface area (Å²) in [6, 6.07) is 5.17. The summed E-state index contributed by atoms with van der Waals surface area (Å²) in [6.45, 7) is 6.10. The number of amides is 1. The van der Waals surface area contributed by atoms with Crippen molar-refractivity contribution in [1.82, 2.24) is 0 Å². The number of hydrogen-bond donors (Lipinski definition) is 2. The Morgan fingerprint density at radius 3 is 2.78 bits per heavy atom. The summed E-state index contributed by atoms with van der Waals surface area (Å²) in [4.78, 5) is 13.6. The molecule has 0 spiro atoms. The molecule has 1 fully saturated rings. The van der Waals surface area contributed by atoms with Crippen LogP contribution in [-0.2, 0) is 4.74 Å². The van der Waals surface area contributed by atoms with Crippen LogP contribution in [0.15, 0.2) is 18.2 Å². The van der Waals surface area contributed by atoms with E-state index in [1.807, 2.05) is 0 Å². The average Bonchev–Trinajstić information content (AvgIpc) is 2.27. The molecule has 98 valence electrons. The number of carbonyl (C=O) groups excluding carboxylic acids is 1. The molecule has 1 heterocycles. The molecule has 18 heavy (non-hydrogen) atoms. The summed E-state index contributed by atoms with van der Waals surface area (Å²) in [6.07, 6.45) is 0. The highest BCUT2D eigenvalue weighted by Gasteiger charge is 2.32. The summed E-state index contributed by atoms with van der Waals surface area (Å²) < 4.78 is 5.48. The Morgan fingerprint density at radius 1 is 1.44 bits per heavy atom. The molecule has 0 radical (unpaired) electrons. The second kappa shape index (κ2) is 4.49. The molecule has 1 aromatic rings. The van der Waals surface area contributed by atoms with E-state index < -0.39 is 5.91 Å². The molecule has 1 aliphatic rings. The van der Waals surface area contributed by atoms with Crippen molar-refractivity contribution in [2.45, 2.75) is 19.4 Å². The molecule has 1 aromatic carbocycles. The van der Waals surface area contributed by atoms with E-state index in [-0.39, 0.29) is 5.54 Å². The number of carbonyl (C=O) groups is 1. The molecule has 0 saturated carbocycles. The summed E-state index contributed by atoms with van der Waals surface area (Å²) in [5.41, 5.74) is 13.0. The first-order chi connectivity index (χ1) is 8.42. The van der Waals surface area contributed by atoms with Crippen LogP contribution in [0.3, 0.4) is 0 Å². The van der Waals surface area contributed by atoms with Crippen LogP contribution >= 0.6 is 0 Å². The Morgan fingerprint density at radius 2 is 2.17 bits per heavy atom. The molecule has 0 bridgehead atoms. The fraction of sp³-hybridized carbons (Fsp3) is 0.462. The molecule has 0 aromatic heterocycles. The van der Waals surface area contributed by atoms with Gasteiger partial charge < -0.3 is 21.1 Å². The van der Waals surface area contributed by atoms with Crippen LogP contribution in [-0.4, -0.2) is 31.2 Å². The third-order valence-corrected chi connectivity index (χ3v) is 3.22. The van der Waals surface area contributed by atoms with Crippen LogP contribution in [0.25, 0.3) is 0 Å². The van der Waals surface area contributed by atoms with Crippen molar-refractivity contribution in [1.29, 1.82) is 0 Å². The van der Waals surface area contributed by atoms with Crippen molar-refractivity contribution >= 4 is 17.3 Å². The molecule has 5 heteroatoms. The van der Waals surface area contributed by atoms with Crippen LogP contribution < -0.4 is 16.4 Å². The van der Waals surface area contributed by atoms with Crippen molar-refractivity contribution in [3.8, 4) is 0 Å². The Balaban J connectivity index is 2.48. The average molecular weight is 249 g/mol. The lowest BCUT2D eigenvalue weighted by Gasteiger charge is -2.44. The maximum absolute atomic E-state index is 11.5. The zero-order valence-electron chi connectivity index (χ0n) is 10.8. The number of rotatable bonds is 2. The third-order valence-electron chi connectivity index (χ3n) is 3.22. The highest BCUT2D eigenvalue weighted by atomic mass is 16.5. The topological polar surface area (TPSA) is 81.6 Å². The minimum atomic E-state index is -0.438. The van der Waals surface area contributed by atoms with E-state index in [0.717, 1.165) is 12.2 Å². The van der Waals surface area contributed by atoms with E-state index in [9.17, 15) is 4.79 Å². The molecule has 1 aliphatic heterocycles. The number of morpholine rings is 1. The van der Waals surface area contributed by atoms with Gasteiger partial charge in [0.05, 0.1) is 30.0 Å². The zero-order chi connectivity index (χ0) is 13.3. The van der Waals surface area contributed by atoms with E-state index >= 15 is 0 Å². The molecule has 0 atom stereocenters. The van der Waals surface area contributed by atoms with Crippen LogP contribution in [0.1, 0.15) is 24.2 Å². The minimum absolute atomic E-state index is 0.184. The molecular weight excluding hydrogens is 230 g/mol. The van der Waals surface area contributed by atoms with Crippen LogP contribution in [0.2, 0.25) is 0 Å². The lowest BCUT2D eigenvalue weighted by Crippen LogP contribution is -2.53. The number of nitrogen functional groups attached to an aromatic ring is 1. The zero-order valence-corrected chi connectivity index (χ0v) is 10.8. The largest absolute Gasteiger partial charge is 0.399 e. The van der Waals surface area contributed by atoms with E-state index in [1.165, 1.54) is 0 Å². The van der Waals surface area contributed by atoms with Gasteiger partial charge in [0.25, 0.3) is 5.91 Å². The van der Waals surface area contributed by atoms with Crippen molar-refractivity contribution < 1.29 is 9.53 Å². The van der Waals surface area contributed by atoms with E-state index in [1.54, 1.807) is 18.2 Å². The monoisotopic (exact) mass is 249 g/mol. The first-order valence-corrected chi connectivity index (χ1v) is 5.96. The van der Waals surface area contributed by atoms with Gasteiger partial charge in [0.1, 0.15) is 0 Å². The minimum Gasteiger partial charge on any atom is -0.399 e. The van der Waals surface area contributed by atoms with Crippen molar-refractivity contribution in [2.75, 3.05) is 30.4 Å². The Kier molecular flexibility index (Phi) is 3.17. The van der Waals surface area contributed by atoms with Gasteiger partial charge >= 0.3 is 0 Å². The number of nitrogens with two attached hydrogens (primary N) is 2. The van der Waals surface area contributed by atoms with Gasteiger partial charge in [-0.3, -0.25) is 4.79 Å². The molecule has 5 nitrogen and oxygen atoms in total. The first kappa shape index (κ1) is 12.7. The third kappa shape index (κ3) is 2.26. The molecule has 0 unspecified atom stereocenters. The summed E-state index contributed by atoms with van der Waals surface area (Å²) >= 11 is 0. The maximum Gasteiger partial charge on any atom is 0.250 e. The number of benzene rings is 1. The highest BCUT2D eigenvalue weighted by Crippen LogP contribution is 2.31. The maximum atomic E-state index is 11.5. The summed E-state index contributed by atoms with van der Waals surface area (Å²) in [5.74, 6) is -0.438. The standard InChI is InChI=1S/C13H19N3O2/c1-13(2)8-18-6-5-16(13)11-7-9(14)3-4-10(11)12(15)17/h3-4,7H,5-6,8,14H2,1-2H3,(H2,15,17). The SMILES string of the molecule is CC1(C)COCCN1c1cc(N)ccc1C(N)=O. The molecule has 1 saturated heterocycles. The highest BCUT2D eigenvalue weighted by molar-refractivity contribution is 5.99. The van der Waals surface area contributed by atoms with Gasteiger partial charge in [-0.1, -0.05) is 0 Å². The number of ether oxygens (including phenoxy) is 1. The van der Waals surface area contributed by atoms with Crippen molar-refractivity contribution in [3.05, 3.63) is 23.8 Å². The second-order valence-electron chi connectivity index (χ2n) is 5.16. The smallest absolute Gasteiger partial charge is 0.250 e. The van der Waals surface area contributed by atoms with Gasteiger partial charge in [0, 0.05) is 12.2 Å². The predicted octanol–water partition coefficient (Wildman–Crippen LogP) is 0.983. The number of nitrogens with zero attached hydrogens (tertiary/aromatic N) is 1. The fourth-order valence-corrected chi connectivity index (χ4v) is 2.29. The van der Waals surface area contributed by atoms with Gasteiger partial charge in [-0.2, -0.15) is 0 Å². The number of hydrogen-bond acceptors (Lipinski definition) is 4. The molecule has 2 rings (SSSR count). The lowest BCUT2D eigenvalue weighted by atomic mass is 9.99. The van der Waals surface area contributed by atoms with Gasteiger partial charge in [-0.25, -0.2) is 0 Å². The Hall–Kier alpha value is -1.75. The van der Waals surface area contributed by atoms with Crippen LogP contribution in [0, 0.1) is 0 Å². The summed E-state index contributed by atoms with van der Waals surface area (Å²) in [5, 5.41) is 0. The molecular formula is C13H19N3O2. The Labute approximate surface area is 107 Å². The number of anilines is 2. The fourth-order valence-electron chi connectivity index (χ4n) is 2.29. The summed E-state index contributed by atoms with van der Waals surface area (Å²) in [7, 11) is 0. The van der Waals surface area contributed by atoms with Crippen molar-refractivity contribution in [2.24, 2.45) is 5.73 Å². The van der Waals surface area contributed by atoms with Gasteiger partial charge in [-0.15, -0.1) is 0 Å². The Bertz CT molecular complexity index is 471. The molecule has 4 N–H and O–H groups in total. The quantitative estimate of drug-likeness (QED) is 0.766. The van der Waals surface area contributed by atoms with E-state index in [4.69, 9.17) is 16.2 Å². The van der Waals surface area contributed by atoms with Crippen molar-refractivity contribution in [3.63, 3.8) is 0 Å². The molecule has 0 aliphatic carbocycles. The van der Waals surface area contributed by atoms with E-state index in [0.29, 0.717) is 24.5 Å². The van der Waals surface area contributed by atoms with Crippen LogP contribution in [0.5, 0.6) is 0 Å². The number of primary amides is 1. The molecule has 1 amide bonds. The lowest BCUT2D eigenvalue weighted by molar-refractivity contribution is 0.0642. The van der Waals surface area contributed by atoms with E-state index in [2.05, 4.69) is 18.7 Å². The normalized spacial score (nSPS) is 18.7. The predicted molar refractivity (Wildman–Crippen MR) is 71.6 cm³/mol. The second-order valence-corrected chi connectivity index (χ2v) is 5.16. The van der Waals surface area contributed by atoms with Gasteiger partial charge in [-0.05, 0) is 32.0 Å². The van der Waals surface area contributed by atoms with Gasteiger partial charge in [0.2, 0.25) is 0 Å². The first-order valence-electron chi connectivity index (χ1n) is 5.96. The van der Waals surface area contributed by atoms with Crippen LogP contribution in [0.4, 0.5) is 11.4 Å². The van der Waals surface area contributed by atoms with Gasteiger partial charge in [0.15, 0.2) is 0 Å².